The Balaban J connectivity index is 3.41. The van der Waals surface area contributed by atoms with Crippen LogP contribution in [0.4, 0.5) is 0 Å². The number of aliphatic hydroxyl groups excluding tert-OH is 1. The number of benzene rings is 1. The molecule has 11 amide bonds. The summed E-state index contributed by atoms with van der Waals surface area (Å²) in [6, 6.07) is -6.41. The number of hydrogen-bond donors (Lipinski definition) is 20. The van der Waals surface area contributed by atoms with Crippen LogP contribution < -0.4 is 88.0 Å². The van der Waals surface area contributed by atoms with Gasteiger partial charge in [0.1, 0.15) is 48.3 Å². The van der Waals surface area contributed by atoms with Crippen molar-refractivity contribution >= 4 is 101 Å². The number of carboxylic acid groups (broad SMARTS) is 2. The van der Waals surface area contributed by atoms with E-state index in [1.54, 1.807) is 44.2 Å². The van der Waals surface area contributed by atoms with Gasteiger partial charge in [-0.05, 0) is 50.5 Å². The molecule has 83 heavy (non-hydrogen) atoms. The van der Waals surface area contributed by atoms with Crippen molar-refractivity contribution in [3.63, 3.8) is 0 Å². The maximum atomic E-state index is 13.8. The van der Waals surface area contributed by atoms with Gasteiger partial charge in [0.05, 0.1) is 38.0 Å². The summed E-state index contributed by atoms with van der Waals surface area (Å²) in [6.45, 7) is 3.34. The fourth-order valence-corrected chi connectivity index (χ4v) is 7.68. The number of nitrogens with one attached hydrogen (secondary N) is 9. The van der Waals surface area contributed by atoms with Crippen LogP contribution in [0.3, 0.4) is 0 Å². The van der Waals surface area contributed by atoms with E-state index in [4.69, 9.17) is 40.1 Å². The van der Waals surface area contributed by atoms with Crippen molar-refractivity contribution in [2.24, 2.45) is 56.0 Å². The predicted octanol–water partition coefficient (Wildman–Crippen LogP) is -8.67. The molecule has 1 aromatic rings. The molecule has 26 N–H and O–H groups in total. The quantitative estimate of drug-likeness (QED) is 0.0126. The number of amides is 11. The number of aliphatic imine (C=N–C) groups is 2. The molecule has 1 aromatic carbocycles. The van der Waals surface area contributed by atoms with Crippen LogP contribution in [0.2, 0.25) is 0 Å². The second-order valence-electron chi connectivity index (χ2n) is 19.2. The lowest BCUT2D eigenvalue weighted by atomic mass is 10.0. The lowest BCUT2D eigenvalue weighted by Gasteiger charge is -2.27. The summed E-state index contributed by atoms with van der Waals surface area (Å²) in [5.41, 5.74) is 38.5. The molecule has 0 bridgehead atoms. The zero-order valence-electron chi connectivity index (χ0n) is 46.0. The number of carbonyl (C=O) groups is 13. The summed E-state index contributed by atoms with van der Waals surface area (Å²) in [5.74, 6) is -16.3. The van der Waals surface area contributed by atoms with Gasteiger partial charge in [-0.3, -0.25) is 67.5 Å². The van der Waals surface area contributed by atoms with Crippen LogP contribution in [-0.2, 0) is 68.7 Å². The van der Waals surface area contributed by atoms with Gasteiger partial charge in [-0.2, -0.15) is 12.6 Å². The smallest absolute Gasteiger partial charge is 0.326 e. The van der Waals surface area contributed by atoms with Crippen LogP contribution in [0.5, 0.6) is 0 Å². The Kier molecular flexibility index (Phi) is 32.3. The first-order chi connectivity index (χ1) is 38.8. The molecule has 35 heteroatoms. The summed E-state index contributed by atoms with van der Waals surface area (Å²) < 4.78 is 0. The van der Waals surface area contributed by atoms with Crippen LogP contribution >= 0.6 is 12.6 Å². The summed E-state index contributed by atoms with van der Waals surface area (Å²) in [4.78, 5) is 177. The molecule has 0 aliphatic rings. The number of hydrogen-bond acceptors (Lipinski definition) is 18. The molecule has 0 aromatic heterocycles. The molecule has 0 aliphatic heterocycles. The minimum absolute atomic E-state index is 0.00634. The highest BCUT2D eigenvalue weighted by Gasteiger charge is 2.36. The fraction of sp³-hybridized carbons (Fsp3) is 0.562. The number of rotatable bonds is 39. The maximum Gasteiger partial charge on any atom is 0.326 e. The van der Waals surface area contributed by atoms with Crippen LogP contribution in [0.25, 0.3) is 0 Å². The minimum atomic E-state index is -1.97. The molecule has 0 spiro atoms. The lowest BCUT2D eigenvalue weighted by Crippen LogP contribution is -2.61. The van der Waals surface area contributed by atoms with E-state index in [0.717, 1.165) is 6.92 Å². The SMILES string of the molecule is CC(C)C[C@H](NC(=O)[C@H](CC(N)=O)NC(=O)[C@H](CS)NC(=O)[C@H](CCCN=C(N)N)NC(=O)[C@H](CC(=O)O)NC(=O)CNC(=O)[C@H](CCCN=C(N)N)NC(=O)[C@@H](NC(=O)[C@H](Cc1ccccc1)NC(=O)[C@@H](N)CC(N)=O)[C@@H](C)O)C(=O)O. The molecule has 0 fully saturated rings. The van der Waals surface area contributed by atoms with Crippen molar-refractivity contribution < 1.29 is 77.6 Å². The Labute approximate surface area is 482 Å². The van der Waals surface area contributed by atoms with Gasteiger partial charge in [0, 0.05) is 25.3 Å². The number of carbonyl (C=O) groups excluding carboxylic acids is 11. The second kappa shape index (κ2) is 37.2. The number of nitrogens with two attached hydrogens (primary N) is 7. The molecule has 34 nitrogen and oxygen atoms in total. The summed E-state index contributed by atoms with van der Waals surface area (Å²) in [6.07, 6.45) is -4.90. The Bertz CT molecular complexity index is 2500. The van der Waals surface area contributed by atoms with E-state index in [1.807, 2.05) is 0 Å². The summed E-state index contributed by atoms with van der Waals surface area (Å²) >= 11 is 4.10. The van der Waals surface area contributed by atoms with Crippen molar-refractivity contribution in [3.05, 3.63) is 35.9 Å². The number of aliphatic hydroxyl groups is 1. The molecule has 0 aliphatic carbocycles. The lowest BCUT2D eigenvalue weighted by molar-refractivity contribution is -0.143. The van der Waals surface area contributed by atoms with E-state index < -0.39 is 169 Å². The van der Waals surface area contributed by atoms with Gasteiger partial charge in [-0.1, -0.05) is 44.2 Å². The van der Waals surface area contributed by atoms with Crippen molar-refractivity contribution in [2.75, 3.05) is 25.4 Å². The molecule has 0 saturated heterocycles. The third kappa shape index (κ3) is 29.4. The first kappa shape index (κ1) is 72.2. The molecule has 10 atom stereocenters. The van der Waals surface area contributed by atoms with Crippen molar-refractivity contribution in [1.82, 2.24) is 47.9 Å². The normalized spacial score (nSPS) is 14.4. The molecule has 1 rings (SSSR count). The third-order valence-corrected chi connectivity index (χ3v) is 11.9. The average Bonchev–Trinajstić information content (AvgIpc) is 3.49. The number of aliphatic carboxylic acids is 2. The number of nitrogens with zero attached hydrogens (tertiary/aromatic N) is 2. The highest BCUT2D eigenvalue weighted by Crippen LogP contribution is 2.10. The van der Waals surface area contributed by atoms with Crippen LogP contribution in [0, 0.1) is 5.92 Å². The largest absolute Gasteiger partial charge is 0.481 e. The van der Waals surface area contributed by atoms with E-state index in [0.29, 0.717) is 5.56 Å². The topological polar surface area (TPSA) is 598 Å². The molecule has 0 heterocycles. The molecule has 0 saturated carbocycles. The predicted molar refractivity (Wildman–Crippen MR) is 299 cm³/mol. The van der Waals surface area contributed by atoms with Crippen molar-refractivity contribution in [2.45, 2.75) is 139 Å². The van der Waals surface area contributed by atoms with Gasteiger partial charge in [0.15, 0.2) is 11.9 Å². The standard InChI is InChI=1S/C48H78N18O16S/c1-22(2)15-31(46(81)82)64-41(76)29(18-34(51)69)63-44(79)32(21-83)65-40(75)27(12-8-14-57-48(54)55)60-42(77)30(19-36(71)72)59-35(70)20-58-39(74)26(11-7-13-56-47(52)53)61-45(80)37(23(3)67)66-43(78)28(16-24-9-5-4-6-10-24)62-38(73)25(49)17-33(50)68/h4-6,9-10,22-23,25-32,37,67,83H,7-8,11-21,49H2,1-3H3,(H2,50,68)(H2,51,69)(H,58,74)(H,59,70)(H,60,77)(H,61,80)(H,62,73)(H,63,79)(H,64,76)(H,65,75)(H,66,78)(H,71,72)(H,81,82)(H4,52,53,56)(H4,54,55,57)/t23-,25+,26+,27+,28+,29+,30+,31+,32+,37+/m1/s1. The molecule has 0 radical (unpaired) electrons. The minimum Gasteiger partial charge on any atom is -0.481 e. The number of guanidine groups is 2. The van der Waals surface area contributed by atoms with E-state index in [1.165, 1.54) is 0 Å². The van der Waals surface area contributed by atoms with Gasteiger partial charge in [-0.15, -0.1) is 0 Å². The fourth-order valence-electron chi connectivity index (χ4n) is 7.42. The molecular formula is C48H78N18O16S. The Hall–Kier alpha value is -8.86. The van der Waals surface area contributed by atoms with E-state index >= 15 is 0 Å². The first-order valence-corrected chi connectivity index (χ1v) is 26.4. The Morgan fingerprint density at radius 3 is 1.46 bits per heavy atom. The molecular weight excluding hydrogens is 1120 g/mol. The Morgan fingerprint density at radius 2 is 0.976 bits per heavy atom. The number of thiol groups is 1. The monoisotopic (exact) mass is 1190 g/mol. The van der Waals surface area contributed by atoms with E-state index in [-0.39, 0.29) is 69.5 Å². The van der Waals surface area contributed by atoms with Crippen LogP contribution in [0.15, 0.2) is 40.3 Å². The van der Waals surface area contributed by atoms with Gasteiger partial charge in [-0.25, -0.2) is 4.79 Å². The Morgan fingerprint density at radius 1 is 0.530 bits per heavy atom. The van der Waals surface area contributed by atoms with Gasteiger partial charge in [0.25, 0.3) is 0 Å². The highest BCUT2D eigenvalue weighted by molar-refractivity contribution is 7.80. The summed E-state index contributed by atoms with van der Waals surface area (Å²) in [5, 5.41) is 50.6. The number of primary amides is 2. The molecule has 462 valence electrons. The van der Waals surface area contributed by atoms with Crippen LogP contribution in [-0.4, -0.2) is 190 Å². The van der Waals surface area contributed by atoms with E-state index in [9.17, 15) is 77.6 Å². The third-order valence-electron chi connectivity index (χ3n) is 11.5. The first-order valence-electron chi connectivity index (χ1n) is 25.7. The zero-order chi connectivity index (χ0) is 63.1. The maximum absolute atomic E-state index is 13.8. The number of carboxylic acids is 2. The van der Waals surface area contributed by atoms with Crippen molar-refractivity contribution in [1.29, 1.82) is 0 Å². The molecule has 0 unspecified atom stereocenters. The van der Waals surface area contributed by atoms with Gasteiger partial charge >= 0.3 is 11.9 Å². The highest BCUT2D eigenvalue weighted by atomic mass is 32.1. The van der Waals surface area contributed by atoms with Gasteiger partial charge in [0.2, 0.25) is 65.0 Å². The van der Waals surface area contributed by atoms with Crippen molar-refractivity contribution in [3.8, 4) is 0 Å². The summed E-state index contributed by atoms with van der Waals surface area (Å²) in [7, 11) is 0. The zero-order valence-corrected chi connectivity index (χ0v) is 46.9. The van der Waals surface area contributed by atoms with Crippen LogP contribution in [0.1, 0.15) is 77.7 Å². The van der Waals surface area contributed by atoms with E-state index in [2.05, 4.69) is 70.5 Å². The second-order valence-corrected chi connectivity index (χ2v) is 19.6. The van der Waals surface area contributed by atoms with Gasteiger partial charge < -0.3 is 103 Å². The average molecular weight is 1200 g/mol.